The van der Waals surface area contributed by atoms with Crippen LogP contribution >= 0.6 is 0 Å². The van der Waals surface area contributed by atoms with Gasteiger partial charge in [0.1, 0.15) is 0 Å². The number of pyridine rings is 1. The summed E-state index contributed by atoms with van der Waals surface area (Å²) in [7, 11) is 0. The molecule has 0 atom stereocenters. The Morgan fingerprint density at radius 3 is 2.60 bits per heavy atom. The summed E-state index contributed by atoms with van der Waals surface area (Å²) in [4.78, 5) is 20.0. The maximum absolute atomic E-state index is 13.1. The van der Waals surface area contributed by atoms with Crippen molar-refractivity contribution >= 4 is 16.9 Å². The van der Waals surface area contributed by atoms with Gasteiger partial charge in [-0.15, -0.1) is 10.2 Å². The first-order chi connectivity index (χ1) is 20.2. The van der Waals surface area contributed by atoms with E-state index in [0.29, 0.717) is 31.1 Å². The average molecular weight is 575 g/mol. The molecule has 1 aliphatic rings. The number of nitrogens with one attached hydrogen (secondary N) is 2. The second-order valence-electron chi connectivity index (χ2n) is 10.7. The minimum Gasteiger partial charge on any atom is -0.346 e. The number of halogens is 3. The van der Waals surface area contributed by atoms with Gasteiger partial charge in [0.2, 0.25) is 0 Å². The Hall–Kier alpha value is -4.61. The third-order valence-corrected chi connectivity index (χ3v) is 7.39. The van der Waals surface area contributed by atoms with Crippen LogP contribution in [0.1, 0.15) is 70.3 Å². The van der Waals surface area contributed by atoms with Gasteiger partial charge in [-0.2, -0.15) is 18.3 Å². The zero-order valence-electron chi connectivity index (χ0n) is 22.9. The smallest absolute Gasteiger partial charge is 0.346 e. The number of carbonyl (C=O) groups excluding carboxylic acids is 1. The van der Waals surface area contributed by atoms with Crippen molar-refractivity contribution in [2.75, 3.05) is 0 Å². The monoisotopic (exact) mass is 574 g/mol. The van der Waals surface area contributed by atoms with Gasteiger partial charge in [0.15, 0.2) is 11.3 Å². The highest BCUT2D eigenvalue weighted by Crippen LogP contribution is 2.46. The lowest BCUT2D eigenvalue weighted by Gasteiger charge is -2.09. The molecule has 1 fully saturated rings. The van der Waals surface area contributed by atoms with Crippen molar-refractivity contribution in [2.45, 2.75) is 64.2 Å². The van der Waals surface area contributed by atoms with Gasteiger partial charge in [0.25, 0.3) is 5.91 Å². The molecule has 0 unspecified atom stereocenters. The summed E-state index contributed by atoms with van der Waals surface area (Å²) in [6, 6.07) is 11.1. The van der Waals surface area contributed by atoms with Crippen LogP contribution in [0.15, 0.2) is 54.9 Å². The molecule has 1 aliphatic carbocycles. The summed E-state index contributed by atoms with van der Waals surface area (Å²) in [6.07, 6.45) is 3.31. The Morgan fingerprint density at radius 1 is 1.07 bits per heavy atom. The van der Waals surface area contributed by atoms with E-state index >= 15 is 0 Å². The number of hydrogen-bond donors (Lipinski definition) is 2. The molecule has 1 aromatic carbocycles. The van der Waals surface area contributed by atoms with Gasteiger partial charge in [-0.1, -0.05) is 23.4 Å². The van der Waals surface area contributed by atoms with Crippen molar-refractivity contribution in [1.82, 2.24) is 40.5 Å². The number of nitrogens with zero attached hydrogens (tertiary/aromatic N) is 6. The fraction of sp³-hybridized carbons (Fsp3) is 0.333. The molecule has 9 nitrogen and oxygen atoms in total. The van der Waals surface area contributed by atoms with Crippen molar-refractivity contribution in [1.29, 1.82) is 0 Å². The first-order valence-corrected chi connectivity index (χ1v) is 13.9. The number of fused-ring (bicyclic) bond motifs is 1. The molecule has 0 aliphatic heterocycles. The third-order valence-electron chi connectivity index (χ3n) is 7.39. The fourth-order valence-corrected chi connectivity index (χ4v) is 4.95. The number of carbonyl (C=O) groups is 1. The van der Waals surface area contributed by atoms with Gasteiger partial charge in [-0.25, -0.2) is 0 Å². The topological polar surface area (TPSA) is 114 Å². The molecule has 0 spiro atoms. The van der Waals surface area contributed by atoms with Gasteiger partial charge in [-0.3, -0.25) is 14.5 Å². The predicted octanol–water partition coefficient (Wildman–Crippen LogP) is 5.77. The SMILES string of the molecule is Cc1ccc(CNC(=O)c2cn(CCCCc3cc4c(-c5ccc(C(F)(F)F)cc5)c(C5CC5)[nH]c4nn3)nn2)cn1. The van der Waals surface area contributed by atoms with E-state index in [1.165, 1.54) is 12.1 Å². The minimum absolute atomic E-state index is 0.251. The minimum atomic E-state index is -4.38. The van der Waals surface area contributed by atoms with Crippen molar-refractivity contribution in [3.63, 3.8) is 0 Å². The summed E-state index contributed by atoms with van der Waals surface area (Å²) in [5, 5.41) is 20.5. The van der Waals surface area contributed by atoms with Crippen LogP contribution < -0.4 is 5.32 Å². The van der Waals surface area contributed by atoms with Crippen LogP contribution in [-0.4, -0.2) is 41.1 Å². The molecule has 0 bridgehead atoms. The molecular formula is C30H29F3N8O. The summed E-state index contributed by atoms with van der Waals surface area (Å²) in [5.74, 6) is 0.0560. The number of aromatic nitrogens is 7. The van der Waals surface area contributed by atoms with Gasteiger partial charge < -0.3 is 10.3 Å². The molecule has 42 heavy (non-hydrogen) atoms. The molecular weight excluding hydrogens is 545 g/mol. The van der Waals surface area contributed by atoms with Crippen LogP contribution in [0.3, 0.4) is 0 Å². The van der Waals surface area contributed by atoms with Crippen molar-refractivity contribution in [3.8, 4) is 11.1 Å². The van der Waals surface area contributed by atoms with Crippen LogP contribution in [0, 0.1) is 6.92 Å². The lowest BCUT2D eigenvalue weighted by Crippen LogP contribution is -2.23. The molecule has 1 saturated carbocycles. The Morgan fingerprint density at radius 2 is 1.88 bits per heavy atom. The van der Waals surface area contributed by atoms with E-state index < -0.39 is 11.7 Å². The number of H-pyrrole nitrogens is 1. The molecule has 6 rings (SSSR count). The molecule has 1 amide bonds. The number of rotatable bonds is 10. The van der Waals surface area contributed by atoms with Crippen LogP contribution in [-0.2, 0) is 25.7 Å². The number of amides is 1. The van der Waals surface area contributed by atoms with Crippen LogP contribution in [0.4, 0.5) is 13.2 Å². The van der Waals surface area contributed by atoms with Gasteiger partial charge in [-0.05, 0) is 80.3 Å². The van der Waals surface area contributed by atoms with Gasteiger partial charge >= 0.3 is 6.18 Å². The number of aromatic amines is 1. The van der Waals surface area contributed by atoms with E-state index in [4.69, 9.17) is 0 Å². The Kier molecular flexibility index (Phi) is 7.44. The summed E-state index contributed by atoms with van der Waals surface area (Å²) in [6.45, 7) is 2.85. The molecule has 12 heteroatoms. The zero-order chi connectivity index (χ0) is 29.3. The van der Waals surface area contributed by atoms with E-state index in [1.54, 1.807) is 17.1 Å². The largest absolute Gasteiger partial charge is 0.416 e. The second kappa shape index (κ2) is 11.3. The predicted molar refractivity (Wildman–Crippen MR) is 149 cm³/mol. The molecule has 216 valence electrons. The highest BCUT2D eigenvalue weighted by molar-refractivity contribution is 5.96. The van der Waals surface area contributed by atoms with Crippen LogP contribution in [0.25, 0.3) is 22.2 Å². The van der Waals surface area contributed by atoms with Crippen molar-refractivity contribution < 1.29 is 18.0 Å². The molecule has 5 aromatic rings. The lowest BCUT2D eigenvalue weighted by molar-refractivity contribution is -0.137. The van der Waals surface area contributed by atoms with Gasteiger partial charge in [0.05, 0.1) is 17.5 Å². The van der Waals surface area contributed by atoms with E-state index in [9.17, 15) is 18.0 Å². The van der Waals surface area contributed by atoms with Crippen LogP contribution in [0.5, 0.6) is 0 Å². The molecule has 0 saturated heterocycles. The summed E-state index contributed by atoms with van der Waals surface area (Å²) in [5.41, 5.74) is 5.50. The van der Waals surface area contributed by atoms with E-state index in [1.807, 2.05) is 25.1 Å². The number of unbranched alkanes of at least 4 members (excludes halogenated alkanes) is 1. The number of alkyl halides is 3. The average Bonchev–Trinajstić information content (AvgIpc) is 3.59. The van der Waals surface area contributed by atoms with E-state index in [2.05, 4.69) is 35.8 Å². The van der Waals surface area contributed by atoms with E-state index in [0.717, 1.165) is 77.0 Å². The lowest BCUT2D eigenvalue weighted by atomic mass is 9.99. The standard InChI is InChI=1S/C30H29F3N8O/c1-18-5-6-19(15-34-18)16-35-29(42)25-17-41(40-38-25)13-3-2-4-23-14-24-26(20-9-11-22(12-10-20)30(31,32)33)27(21-7-8-21)36-28(24)39-37-23/h5-6,9-12,14-15,17,21H,2-4,7-8,13,16H2,1H3,(H,35,42)(H,36,39). The zero-order valence-corrected chi connectivity index (χ0v) is 22.9. The summed E-state index contributed by atoms with van der Waals surface area (Å²) >= 11 is 0. The first-order valence-electron chi connectivity index (χ1n) is 13.9. The summed E-state index contributed by atoms with van der Waals surface area (Å²) < 4.78 is 41.0. The quantitative estimate of drug-likeness (QED) is 0.205. The van der Waals surface area contributed by atoms with Crippen molar-refractivity contribution in [2.24, 2.45) is 0 Å². The second-order valence-corrected chi connectivity index (χ2v) is 10.7. The van der Waals surface area contributed by atoms with Gasteiger partial charge in [0, 0.05) is 41.6 Å². The third kappa shape index (κ3) is 6.17. The fourth-order valence-electron chi connectivity index (χ4n) is 4.95. The van der Waals surface area contributed by atoms with E-state index in [-0.39, 0.29) is 11.6 Å². The first kappa shape index (κ1) is 27.6. The Bertz CT molecular complexity index is 1700. The highest BCUT2D eigenvalue weighted by Gasteiger charge is 2.32. The Balaban J connectivity index is 1.07. The molecule has 4 aromatic heterocycles. The van der Waals surface area contributed by atoms with Crippen molar-refractivity contribution in [3.05, 3.63) is 88.8 Å². The maximum Gasteiger partial charge on any atom is 0.416 e. The van der Waals surface area contributed by atoms with Crippen LogP contribution in [0.2, 0.25) is 0 Å². The molecule has 0 radical (unpaired) electrons. The number of benzene rings is 1. The number of aryl methyl sites for hydroxylation is 3. The number of hydrogen-bond acceptors (Lipinski definition) is 6. The molecule has 2 N–H and O–H groups in total. The Labute approximate surface area is 239 Å². The maximum atomic E-state index is 13.1. The normalized spacial score (nSPS) is 13.5. The highest BCUT2D eigenvalue weighted by atomic mass is 19.4. The molecule has 4 heterocycles.